The first-order chi connectivity index (χ1) is 12.9. The van der Waals surface area contributed by atoms with Gasteiger partial charge in [-0.15, -0.1) is 0 Å². The molecule has 1 fully saturated rings. The van der Waals surface area contributed by atoms with Crippen LogP contribution in [-0.2, 0) is 4.74 Å². The number of nitrogens with one attached hydrogen (secondary N) is 2. The molecule has 6 heteroatoms. The fourth-order valence-corrected chi connectivity index (χ4v) is 3.23. The first-order valence-corrected chi connectivity index (χ1v) is 10.0. The van der Waals surface area contributed by atoms with Crippen molar-refractivity contribution in [2.45, 2.75) is 39.2 Å². The van der Waals surface area contributed by atoms with E-state index in [1.54, 1.807) is 0 Å². The van der Waals surface area contributed by atoms with Crippen LogP contribution in [0.1, 0.15) is 37.8 Å². The molecule has 1 aliphatic heterocycles. The Morgan fingerprint density at radius 3 is 2.74 bits per heavy atom. The van der Waals surface area contributed by atoms with Crippen molar-refractivity contribution in [1.82, 2.24) is 15.5 Å². The van der Waals surface area contributed by atoms with Gasteiger partial charge in [0.2, 0.25) is 0 Å². The molecule has 1 aromatic rings. The van der Waals surface area contributed by atoms with Gasteiger partial charge in [0.15, 0.2) is 5.96 Å². The fourth-order valence-electron chi connectivity index (χ4n) is 3.23. The lowest BCUT2D eigenvalue weighted by atomic mass is 9.99. The van der Waals surface area contributed by atoms with E-state index in [4.69, 9.17) is 4.74 Å². The third kappa shape index (κ3) is 7.87. The number of morpholine rings is 1. The van der Waals surface area contributed by atoms with Crippen molar-refractivity contribution in [2.75, 3.05) is 52.5 Å². The number of β-amino-alcohol motifs (C(OH)–C–C–N with tert-alkyl or cyclic N) is 1. The molecule has 0 amide bonds. The summed E-state index contributed by atoms with van der Waals surface area (Å²) < 4.78 is 5.37. The molecule has 27 heavy (non-hydrogen) atoms. The van der Waals surface area contributed by atoms with Gasteiger partial charge in [0.1, 0.15) is 0 Å². The maximum atomic E-state index is 10.7. The summed E-state index contributed by atoms with van der Waals surface area (Å²) in [5, 5.41) is 17.4. The number of aryl methyl sites for hydroxylation is 1. The zero-order valence-electron chi connectivity index (χ0n) is 17.3. The lowest BCUT2D eigenvalue weighted by Crippen LogP contribution is -2.48. The highest BCUT2D eigenvalue weighted by Crippen LogP contribution is 2.15. The second-order valence-electron chi connectivity index (χ2n) is 7.78. The number of aliphatic imine (C=N–C) groups is 1. The van der Waals surface area contributed by atoms with Crippen molar-refractivity contribution >= 4 is 5.96 Å². The van der Waals surface area contributed by atoms with E-state index in [0.29, 0.717) is 19.0 Å². The van der Waals surface area contributed by atoms with E-state index in [9.17, 15) is 5.11 Å². The molecule has 0 aromatic heterocycles. The van der Waals surface area contributed by atoms with Gasteiger partial charge >= 0.3 is 0 Å². The minimum Gasteiger partial charge on any atom is -0.387 e. The van der Waals surface area contributed by atoms with Crippen molar-refractivity contribution in [1.29, 1.82) is 0 Å². The highest BCUT2D eigenvalue weighted by Gasteiger charge is 2.25. The smallest absolute Gasteiger partial charge is 0.191 e. The molecule has 0 spiro atoms. The number of rotatable bonds is 8. The van der Waals surface area contributed by atoms with E-state index in [1.807, 2.05) is 13.8 Å². The Morgan fingerprint density at radius 1 is 1.33 bits per heavy atom. The van der Waals surface area contributed by atoms with Crippen molar-refractivity contribution in [3.8, 4) is 0 Å². The van der Waals surface area contributed by atoms with Crippen LogP contribution in [0.5, 0.6) is 0 Å². The number of ether oxygens (including phenoxy) is 1. The lowest BCUT2D eigenvalue weighted by Gasteiger charge is -2.33. The number of nitrogens with zero attached hydrogens (tertiary/aromatic N) is 2. The van der Waals surface area contributed by atoms with Gasteiger partial charge < -0.3 is 20.5 Å². The van der Waals surface area contributed by atoms with Crippen molar-refractivity contribution < 1.29 is 9.84 Å². The van der Waals surface area contributed by atoms with Crippen molar-refractivity contribution in [3.05, 3.63) is 35.4 Å². The molecule has 0 bridgehead atoms. The lowest BCUT2D eigenvalue weighted by molar-refractivity contribution is -0.0179. The van der Waals surface area contributed by atoms with Crippen LogP contribution in [0.25, 0.3) is 0 Å². The monoisotopic (exact) mass is 376 g/mol. The molecular weight excluding hydrogens is 340 g/mol. The number of benzene rings is 1. The summed E-state index contributed by atoms with van der Waals surface area (Å²) in [6.07, 6.45) is 0. The largest absolute Gasteiger partial charge is 0.387 e. The SMILES string of the molecule is CCNC(=NCC(C)(O)CN1CCOCC1)NCC(C)c1cccc(C)c1. The van der Waals surface area contributed by atoms with Gasteiger partial charge in [0, 0.05) is 32.7 Å². The molecule has 6 nitrogen and oxygen atoms in total. The third-order valence-electron chi connectivity index (χ3n) is 4.78. The van der Waals surface area contributed by atoms with Crippen molar-refractivity contribution in [3.63, 3.8) is 0 Å². The van der Waals surface area contributed by atoms with Gasteiger partial charge in [-0.2, -0.15) is 0 Å². The van der Waals surface area contributed by atoms with Gasteiger partial charge in [-0.25, -0.2) is 0 Å². The predicted molar refractivity (Wildman–Crippen MR) is 111 cm³/mol. The molecule has 152 valence electrons. The van der Waals surface area contributed by atoms with E-state index in [2.05, 4.69) is 58.6 Å². The van der Waals surface area contributed by atoms with Crippen LogP contribution < -0.4 is 10.6 Å². The molecule has 1 aliphatic rings. The van der Waals surface area contributed by atoms with E-state index >= 15 is 0 Å². The topological polar surface area (TPSA) is 69.1 Å². The summed E-state index contributed by atoms with van der Waals surface area (Å²) in [5.74, 6) is 1.13. The summed E-state index contributed by atoms with van der Waals surface area (Å²) in [5.41, 5.74) is 1.73. The van der Waals surface area contributed by atoms with Crippen LogP contribution in [0.3, 0.4) is 0 Å². The number of guanidine groups is 1. The second kappa shape index (κ2) is 10.6. The normalized spacial score (nSPS) is 19.4. The maximum Gasteiger partial charge on any atom is 0.191 e. The van der Waals surface area contributed by atoms with Crippen LogP contribution in [0.2, 0.25) is 0 Å². The van der Waals surface area contributed by atoms with E-state index in [0.717, 1.165) is 45.4 Å². The van der Waals surface area contributed by atoms with Crippen LogP contribution >= 0.6 is 0 Å². The first-order valence-electron chi connectivity index (χ1n) is 10.0. The Kier molecular flexibility index (Phi) is 8.54. The molecule has 1 heterocycles. The molecule has 2 unspecified atom stereocenters. The fraction of sp³-hybridized carbons (Fsp3) is 0.667. The summed E-state index contributed by atoms with van der Waals surface area (Å²) >= 11 is 0. The van der Waals surface area contributed by atoms with Gasteiger partial charge in [-0.3, -0.25) is 9.89 Å². The minimum atomic E-state index is -0.859. The van der Waals surface area contributed by atoms with Crippen molar-refractivity contribution in [2.24, 2.45) is 4.99 Å². The van der Waals surface area contributed by atoms with E-state index < -0.39 is 5.60 Å². The summed E-state index contributed by atoms with van der Waals surface area (Å²) in [6, 6.07) is 8.61. The summed E-state index contributed by atoms with van der Waals surface area (Å²) in [6.45, 7) is 14.0. The summed E-state index contributed by atoms with van der Waals surface area (Å²) in [4.78, 5) is 6.86. The molecule has 3 N–H and O–H groups in total. The molecule has 1 aromatic carbocycles. The average molecular weight is 377 g/mol. The molecule has 2 rings (SSSR count). The van der Waals surface area contributed by atoms with E-state index in [-0.39, 0.29) is 0 Å². The number of aliphatic hydroxyl groups is 1. The van der Waals surface area contributed by atoms with Gasteiger partial charge in [-0.05, 0) is 32.3 Å². The average Bonchev–Trinajstić information content (AvgIpc) is 2.64. The zero-order valence-corrected chi connectivity index (χ0v) is 17.3. The van der Waals surface area contributed by atoms with Crippen LogP contribution in [0.4, 0.5) is 0 Å². The molecule has 0 saturated carbocycles. The Morgan fingerprint density at radius 2 is 2.07 bits per heavy atom. The predicted octanol–water partition coefficient (Wildman–Crippen LogP) is 1.74. The van der Waals surface area contributed by atoms with Gasteiger partial charge in [-0.1, -0.05) is 36.8 Å². The molecular formula is C21H36N4O2. The number of hydrogen-bond acceptors (Lipinski definition) is 4. The Balaban J connectivity index is 1.88. The summed E-state index contributed by atoms with van der Waals surface area (Å²) in [7, 11) is 0. The Bertz CT molecular complexity index is 598. The molecule has 1 saturated heterocycles. The quantitative estimate of drug-likeness (QED) is 0.476. The molecule has 0 radical (unpaired) electrons. The Labute approximate surface area is 164 Å². The first kappa shape index (κ1) is 21.7. The van der Waals surface area contributed by atoms with E-state index in [1.165, 1.54) is 11.1 Å². The van der Waals surface area contributed by atoms with Crippen LogP contribution in [0.15, 0.2) is 29.3 Å². The minimum absolute atomic E-state index is 0.360. The van der Waals surface area contributed by atoms with Crippen LogP contribution in [0, 0.1) is 6.92 Å². The maximum absolute atomic E-state index is 10.7. The number of hydrogen-bond donors (Lipinski definition) is 3. The van der Waals surface area contributed by atoms with Gasteiger partial charge in [0.05, 0.1) is 25.4 Å². The van der Waals surface area contributed by atoms with Gasteiger partial charge in [0.25, 0.3) is 0 Å². The Hall–Kier alpha value is -1.63. The molecule has 0 aliphatic carbocycles. The van der Waals surface area contributed by atoms with Crippen LogP contribution in [-0.4, -0.2) is 74.0 Å². The molecule has 2 atom stereocenters. The highest BCUT2D eigenvalue weighted by atomic mass is 16.5. The third-order valence-corrected chi connectivity index (χ3v) is 4.78. The highest BCUT2D eigenvalue weighted by molar-refractivity contribution is 5.79. The standard InChI is InChI=1S/C21H36N4O2/c1-5-22-20(23-14-18(3)19-8-6-7-17(2)13-19)24-15-21(4,26)16-25-9-11-27-12-10-25/h6-8,13,18,26H,5,9-12,14-16H2,1-4H3,(H2,22,23,24). The second-order valence-corrected chi connectivity index (χ2v) is 7.78. The zero-order chi connectivity index (χ0) is 19.7.